The fourth-order valence-electron chi connectivity index (χ4n) is 1.96. The SMILES string of the molecule is C/C=C1/CCCCC1(O)C(C)O. The number of hydrogen-bond acceptors (Lipinski definition) is 2. The summed E-state index contributed by atoms with van der Waals surface area (Å²) < 4.78 is 0. The molecule has 0 aromatic rings. The standard InChI is InChI=1S/C10H18O2/c1-3-9-6-4-5-7-10(9,12)8(2)11/h3,8,11-12H,4-7H2,1-2H3/b9-3-. The lowest BCUT2D eigenvalue weighted by Crippen LogP contribution is -2.44. The summed E-state index contributed by atoms with van der Waals surface area (Å²) in [6, 6.07) is 0. The fourth-order valence-corrected chi connectivity index (χ4v) is 1.96. The van der Waals surface area contributed by atoms with E-state index in [1.807, 2.05) is 13.0 Å². The van der Waals surface area contributed by atoms with E-state index in [1.165, 1.54) is 0 Å². The molecule has 0 aromatic heterocycles. The van der Waals surface area contributed by atoms with Crippen LogP contribution in [-0.2, 0) is 0 Å². The van der Waals surface area contributed by atoms with Crippen molar-refractivity contribution in [2.45, 2.75) is 51.2 Å². The Labute approximate surface area is 73.9 Å². The van der Waals surface area contributed by atoms with Gasteiger partial charge in [-0.2, -0.15) is 0 Å². The van der Waals surface area contributed by atoms with Crippen LogP contribution in [0.15, 0.2) is 11.6 Å². The Balaban J connectivity index is 2.83. The van der Waals surface area contributed by atoms with E-state index in [2.05, 4.69) is 0 Å². The second-order valence-corrected chi connectivity index (χ2v) is 3.62. The molecule has 2 N–H and O–H groups in total. The lowest BCUT2D eigenvalue weighted by Gasteiger charge is -2.37. The van der Waals surface area contributed by atoms with Gasteiger partial charge in [-0.3, -0.25) is 0 Å². The molecule has 0 heterocycles. The Morgan fingerprint density at radius 2 is 2.17 bits per heavy atom. The lowest BCUT2D eigenvalue weighted by atomic mass is 9.77. The van der Waals surface area contributed by atoms with Crippen molar-refractivity contribution < 1.29 is 10.2 Å². The Morgan fingerprint density at radius 1 is 1.50 bits per heavy atom. The van der Waals surface area contributed by atoms with Gasteiger partial charge in [-0.1, -0.05) is 6.08 Å². The quantitative estimate of drug-likeness (QED) is 0.587. The van der Waals surface area contributed by atoms with E-state index in [-0.39, 0.29) is 0 Å². The summed E-state index contributed by atoms with van der Waals surface area (Å²) in [5.41, 5.74) is 0.0660. The van der Waals surface area contributed by atoms with Gasteiger partial charge in [0.15, 0.2) is 0 Å². The molecule has 0 spiro atoms. The molecule has 0 bridgehead atoms. The van der Waals surface area contributed by atoms with Crippen molar-refractivity contribution in [3.05, 3.63) is 11.6 Å². The highest BCUT2D eigenvalue weighted by Crippen LogP contribution is 2.35. The molecule has 1 saturated carbocycles. The molecule has 1 aliphatic carbocycles. The zero-order valence-electron chi connectivity index (χ0n) is 7.88. The summed E-state index contributed by atoms with van der Waals surface area (Å²) in [5, 5.41) is 19.5. The van der Waals surface area contributed by atoms with E-state index in [0.717, 1.165) is 24.8 Å². The zero-order chi connectivity index (χ0) is 9.19. The van der Waals surface area contributed by atoms with Crippen LogP contribution in [0, 0.1) is 0 Å². The molecule has 2 heteroatoms. The van der Waals surface area contributed by atoms with E-state index in [0.29, 0.717) is 6.42 Å². The summed E-state index contributed by atoms with van der Waals surface area (Å²) in [4.78, 5) is 0. The normalized spacial score (nSPS) is 36.8. The predicted molar refractivity (Wildman–Crippen MR) is 48.9 cm³/mol. The third kappa shape index (κ3) is 1.54. The minimum atomic E-state index is -0.938. The topological polar surface area (TPSA) is 40.5 Å². The number of allylic oxidation sites excluding steroid dienone is 1. The summed E-state index contributed by atoms with van der Waals surface area (Å²) in [6.07, 6.45) is 5.06. The van der Waals surface area contributed by atoms with Crippen LogP contribution in [0.3, 0.4) is 0 Å². The van der Waals surface area contributed by atoms with Gasteiger partial charge in [-0.05, 0) is 45.1 Å². The molecular formula is C10H18O2. The van der Waals surface area contributed by atoms with Gasteiger partial charge in [0.05, 0.1) is 6.10 Å². The van der Waals surface area contributed by atoms with Crippen LogP contribution < -0.4 is 0 Å². The average molecular weight is 170 g/mol. The van der Waals surface area contributed by atoms with Gasteiger partial charge < -0.3 is 10.2 Å². The molecular weight excluding hydrogens is 152 g/mol. The highest BCUT2D eigenvalue weighted by Gasteiger charge is 2.37. The third-order valence-corrected chi connectivity index (χ3v) is 2.85. The predicted octanol–water partition coefficient (Wildman–Crippen LogP) is 1.62. The van der Waals surface area contributed by atoms with Gasteiger partial charge in [0.25, 0.3) is 0 Å². The Morgan fingerprint density at radius 3 is 2.58 bits per heavy atom. The Bertz CT molecular complexity index is 184. The van der Waals surface area contributed by atoms with E-state index < -0.39 is 11.7 Å². The fraction of sp³-hybridized carbons (Fsp3) is 0.800. The molecule has 0 aromatic carbocycles. The van der Waals surface area contributed by atoms with Crippen LogP contribution in [0.4, 0.5) is 0 Å². The van der Waals surface area contributed by atoms with Crippen LogP contribution in [0.1, 0.15) is 39.5 Å². The van der Waals surface area contributed by atoms with Gasteiger partial charge in [0.2, 0.25) is 0 Å². The molecule has 2 nitrogen and oxygen atoms in total. The van der Waals surface area contributed by atoms with Crippen LogP contribution >= 0.6 is 0 Å². The highest BCUT2D eigenvalue weighted by molar-refractivity contribution is 5.20. The number of aliphatic hydroxyl groups excluding tert-OH is 1. The van der Waals surface area contributed by atoms with Crippen molar-refractivity contribution in [3.8, 4) is 0 Å². The van der Waals surface area contributed by atoms with Gasteiger partial charge in [0.1, 0.15) is 5.60 Å². The molecule has 70 valence electrons. The first-order valence-corrected chi connectivity index (χ1v) is 4.67. The Kier molecular flexibility index (Phi) is 2.91. The van der Waals surface area contributed by atoms with Crippen molar-refractivity contribution in [1.29, 1.82) is 0 Å². The monoisotopic (exact) mass is 170 g/mol. The maximum Gasteiger partial charge on any atom is 0.111 e. The first-order valence-electron chi connectivity index (χ1n) is 4.67. The first-order chi connectivity index (χ1) is 5.61. The minimum Gasteiger partial charge on any atom is -0.390 e. The minimum absolute atomic E-state index is 0.649. The molecule has 1 aliphatic rings. The Hall–Kier alpha value is -0.340. The molecule has 1 fully saturated rings. The molecule has 12 heavy (non-hydrogen) atoms. The zero-order valence-corrected chi connectivity index (χ0v) is 7.88. The van der Waals surface area contributed by atoms with Crippen molar-refractivity contribution >= 4 is 0 Å². The number of hydrogen-bond donors (Lipinski definition) is 2. The smallest absolute Gasteiger partial charge is 0.111 e. The van der Waals surface area contributed by atoms with Gasteiger partial charge in [-0.15, -0.1) is 0 Å². The van der Waals surface area contributed by atoms with Gasteiger partial charge in [0, 0.05) is 0 Å². The molecule has 2 unspecified atom stereocenters. The molecule has 2 atom stereocenters. The molecule has 0 radical (unpaired) electrons. The van der Waals surface area contributed by atoms with E-state index in [4.69, 9.17) is 0 Å². The summed E-state index contributed by atoms with van der Waals surface area (Å²) in [7, 11) is 0. The van der Waals surface area contributed by atoms with Crippen LogP contribution in [-0.4, -0.2) is 21.9 Å². The molecule has 0 saturated heterocycles. The van der Waals surface area contributed by atoms with Crippen molar-refractivity contribution in [1.82, 2.24) is 0 Å². The van der Waals surface area contributed by atoms with E-state index in [1.54, 1.807) is 6.92 Å². The largest absolute Gasteiger partial charge is 0.390 e. The maximum absolute atomic E-state index is 10.1. The number of aliphatic hydroxyl groups is 2. The highest BCUT2D eigenvalue weighted by atomic mass is 16.3. The second-order valence-electron chi connectivity index (χ2n) is 3.62. The van der Waals surface area contributed by atoms with E-state index in [9.17, 15) is 10.2 Å². The average Bonchev–Trinajstić information content (AvgIpc) is 2.05. The third-order valence-electron chi connectivity index (χ3n) is 2.85. The van der Waals surface area contributed by atoms with Crippen LogP contribution in [0.25, 0.3) is 0 Å². The maximum atomic E-state index is 10.1. The molecule has 0 amide bonds. The van der Waals surface area contributed by atoms with Crippen molar-refractivity contribution in [2.75, 3.05) is 0 Å². The van der Waals surface area contributed by atoms with Gasteiger partial charge in [-0.25, -0.2) is 0 Å². The lowest BCUT2D eigenvalue weighted by molar-refractivity contribution is -0.0537. The molecule has 0 aliphatic heterocycles. The summed E-state index contributed by atoms with van der Waals surface area (Å²) >= 11 is 0. The summed E-state index contributed by atoms with van der Waals surface area (Å²) in [6.45, 7) is 3.59. The van der Waals surface area contributed by atoms with E-state index >= 15 is 0 Å². The van der Waals surface area contributed by atoms with Crippen molar-refractivity contribution in [2.24, 2.45) is 0 Å². The summed E-state index contributed by atoms with van der Waals surface area (Å²) in [5.74, 6) is 0. The van der Waals surface area contributed by atoms with Gasteiger partial charge >= 0.3 is 0 Å². The molecule has 1 rings (SSSR count). The van der Waals surface area contributed by atoms with Crippen LogP contribution in [0.2, 0.25) is 0 Å². The number of rotatable bonds is 1. The second kappa shape index (κ2) is 3.58. The van der Waals surface area contributed by atoms with Crippen molar-refractivity contribution in [3.63, 3.8) is 0 Å². The first kappa shape index (κ1) is 9.75. The van der Waals surface area contributed by atoms with Crippen LogP contribution in [0.5, 0.6) is 0 Å².